The molecule has 2 atom stereocenters. The average Bonchev–Trinajstić information content (AvgIpc) is 3.26. The van der Waals surface area contributed by atoms with Gasteiger partial charge in [-0.05, 0) is 136 Å². The average molecular weight is 955 g/mol. The number of ether oxygens (including phenoxy) is 2. The topological polar surface area (TPSA) is 220 Å². The number of carbonyl (C=O) groups is 3. The van der Waals surface area contributed by atoms with Crippen molar-refractivity contribution < 1.29 is 45.8 Å². The van der Waals surface area contributed by atoms with E-state index in [1.165, 1.54) is 7.11 Å². The molecular formula is C51H62N4O10S2. The molecule has 1 saturated carbocycles. The molecule has 5 aromatic carbocycles. The van der Waals surface area contributed by atoms with E-state index < -0.39 is 49.5 Å². The van der Waals surface area contributed by atoms with Crippen molar-refractivity contribution in [2.24, 2.45) is 5.73 Å². The number of methoxy groups -OCH3 is 2. The van der Waals surface area contributed by atoms with Crippen LogP contribution in [0.1, 0.15) is 82.2 Å². The van der Waals surface area contributed by atoms with Crippen LogP contribution < -0.4 is 25.2 Å². The molecule has 67 heavy (non-hydrogen) atoms. The molecule has 0 aromatic heterocycles. The molecule has 0 heterocycles. The second kappa shape index (κ2) is 22.0. The summed E-state index contributed by atoms with van der Waals surface area (Å²) in [6.07, 6.45) is 4.47. The minimum Gasteiger partial charge on any atom is -0.497 e. The van der Waals surface area contributed by atoms with Crippen molar-refractivity contribution in [2.75, 3.05) is 23.7 Å². The van der Waals surface area contributed by atoms with E-state index in [4.69, 9.17) is 10.5 Å². The largest absolute Gasteiger partial charge is 0.497 e. The fourth-order valence-electron chi connectivity index (χ4n) is 8.94. The highest BCUT2D eigenvalue weighted by atomic mass is 32.2. The third kappa shape index (κ3) is 13.0. The molecule has 358 valence electrons. The van der Waals surface area contributed by atoms with Crippen LogP contribution in [0.2, 0.25) is 0 Å². The van der Waals surface area contributed by atoms with Crippen LogP contribution in [0.3, 0.4) is 0 Å². The molecule has 0 spiro atoms. The Morgan fingerprint density at radius 1 is 0.642 bits per heavy atom. The van der Waals surface area contributed by atoms with Crippen molar-refractivity contribution in [1.29, 1.82) is 0 Å². The zero-order valence-electron chi connectivity index (χ0n) is 39.4. The van der Waals surface area contributed by atoms with Gasteiger partial charge in [0.2, 0.25) is 5.91 Å². The van der Waals surface area contributed by atoms with Crippen LogP contribution in [0.25, 0.3) is 0 Å². The van der Waals surface area contributed by atoms with E-state index in [9.17, 15) is 36.3 Å². The van der Waals surface area contributed by atoms with Crippen LogP contribution in [0.4, 0.5) is 11.4 Å². The van der Waals surface area contributed by atoms with Crippen LogP contribution in [-0.4, -0.2) is 66.1 Å². The minimum absolute atomic E-state index is 0.0585. The number of hydrogen-bond acceptors (Lipinski definition) is 10. The van der Waals surface area contributed by atoms with Gasteiger partial charge in [0.15, 0.2) is 0 Å². The monoisotopic (exact) mass is 954 g/mol. The minimum atomic E-state index is -3.82. The number of esters is 1. The number of aliphatic carboxylic acids is 1. The molecule has 6 N–H and O–H groups in total. The lowest BCUT2D eigenvalue weighted by Gasteiger charge is -2.37. The van der Waals surface area contributed by atoms with E-state index >= 15 is 0 Å². The summed E-state index contributed by atoms with van der Waals surface area (Å²) in [6.45, 7) is 11.0. The number of anilines is 2. The summed E-state index contributed by atoms with van der Waals surface area (Å²) in [6, 6.07) is 26.2. The quantitative estimate of drug-likeness (QED) is 0.0599. The van der Waals surface area contributed by atoms with Gasteiger partial charge in [-0.25, -0.2) is 21.6 Å². The van der Waals surface area contributed by atoms with Crippen LogP contribution >= 0.6 is 0 Å². The lowest BCUT2D eigenvalue weighted by Crippen LogP contribution is -2.52. The van der Waals surface area contributed by atoms with Gasteiger partial charge in [-0.3, -0.25) is 19.0 Å². The Balaban J connectivity index is 0.000000278. The van der Waals surface area contributed by atoms with E-state index in [1.807, 2.05) is 62.4 Å². The van der Waals surface area contributed by atoms with Gasteiger partial charge in [0.05, 0.1) is 29.4 Å². The number of nitrogens with two attached hydrogens (primary N) is 1. The van der Waals surface area contributed by atoms with Gasteiger partial charge in [-0.2, -0.15) is 0 Å². The molecule has 0 saturated heterocycles. The van der Waals surface area contributed by atoms with Gasteiger partial charge in [0.25, 0.3) is 20.0 Å². The van der Waals surface area contributed by atoms with Crippen molar-refractivity contribution in [3.05, 3.63) is 147 Å². The summed E-state index contributed by atoms with van der Waals surface area (Å²) in [5.41, 5.74) is 12.8. The standard InChI is InChI=1S/C32H38N2O6S.C19H24N2O4S/c1-21-18-22(2)29(23(3)19-21)41(38,39)34-26-12-8-24(9-13-26)20-28(30(35)36)33-31(37)32(16-6-5-7-17-32)25-10-14-27(40-4)15-11-25;1-12-9-13(2)18(14(3)10-12)26(23,24)21-16-7-5-15(6-8-16)11-17(20)19(22)25-4/h8-15,18-19,28,34H,5-7,16-17,20H2,1-4H3,(H,33,37)(H,35,36);5-10,17,21H,11,20H2,1-4H3. The Labute approximate surface area is 394 Å². The van der Waals surface area contributed by atoms with Crippen molar-refractivity contribution in [1.82, 2.24) is 5.32 Å². The number of nitrogens with one attached hydrogen (secondary N) is 3. The maximum Gasteiger partial charge on any atom is 0.326 e. The smallest absolute Gasteiger partial charge is 0.326 e. The number of benzene rings is 5. The molecule has 0 bridgehead atoms. The summed E-state index contributed by atoms with van der Waals surface area (Å²) >= 11 is 0. The number of sulfonamides is 2. The van der Waals surface area contributed by atoms with Gasteiger partial charge in [0, 0.05) is 17.8 Å². The third-order valence-corrected chi connectivity index (χ3v) is 15.3. The number of amides is 1. The predicted octanol–water partition coefficient (Wildman–Crippen LogP) is 7.89. The number of carboxylic acid groups (broad SMARTS) is 1. The summed E-state index contributed by atoms with van der Waals surface area (Å²) in [5.74, 6) is -1.21. The molecule has 16 heteroatoms. The van der Waals surface area contributed by atoms with E-state index in [1.54, 1.807) is 83.3 Å². The Bertz CT molecular complexity index is 2740. The lowest BCUT2D eigenvalue weighted by atomic mass is 9.68. The molecule has 1 amide bonds. The van der Waals surface area contributed by atoms with Gasteiger partial charge in [-0.15, -0.1) is 0 Å². The fourth-order valence-corrected chi connectivity index (χ4v) is 12.0. The zero-order valence-corrected chi connectivity index (χ0v) is 41.0. The van der Waals surface area contributed by atoms with E-state index in [0.29, 0.717) is 69.1 Å². The molecule has 0 aliphatic heterocycles. The fraction of sp³-hybridized carbons (Fsp3) is 0.353. The highest BCUT2D eigenvalue weighted by molar-refractivity contribution is 7.93. The normalized spacial score (nSPS) is 14.3. The van der Waals surface area contributed by atoms with Crippen molar-refractivity contribution in [3.63, 3.8) is 0 Å². The molecule has 1 aliphatic rings. The maximum absolute atomic E-state index is 13.7. The summed E-state index contributed by atoms with van der Waals surface area (Å²) in [7, 11) is -4.64. The predicted molar refractivity (Wildman–Crippen MR) is 261 cm³/mol. The first-order valence-corrected chi connectivity index (χ1v) is 25.0. The van der Waals surface area contributed by atoms with Gasteiger partial charge in [0.1, 0.15) is 17.8 Å². The first kappa shape index (κ1) is 51.7. The highest BCUT2D eigenvalue weighted by Gasteiger charge is 2.42. The third-order valence-electron chi connectivity index (χ3n) is 11.9. The molecule has 5 aromatic rings. The first-order valence-electron chi connectivity index (χ1n) is 22.0. The zero-order chi connectivity index (χ0) is 49.3. The second-order valence-electron chi connectivity index (χ2n) is 17.3. The van der Waals surface area contributed by atoms with E-state index in [-0.39, 0.29) is 17.2 Å². The molecule has 2 unspecified atom stereocenters. The molecule has 14 nitrogen and oxygen atoms in total. The summed E-state index contributed by atoms with van der Waals surface area (Å²) in [4.78, 5) is 37.9. The van der Waals surface area contributed by atoms with Crippen molar-refractivity contribution in [3.8, 4) is 5.75 Å². The number of aryl methyl sites for hydroxylation is 6. The molecule has 1 aliphatic carbocycles. The summed E-state index contributed by atoms with van der Waals surface area (Å²) in [5, 5.41) is 12.8. The highest BCUT2D eigenvalue weighted by Crippen LogP contribution is 2.40. The molecular weight excluding hydrogens is 893 g/mol. The van der Waals surface area contributed by atoms with E-state index in [2.05, 4.69) is 19.5 Å². The first-order chi connectivity index (χ1) is 31.6. The van der Waals surface area contributed by atoms with Crippen LogP contribution in [0, 0.1) is 41.5 Å². The lowest BCUT2D eigenvalue weighted by molar-refractivity contribution is -0.143. The van der Waals surface area contributed by atoms with Gasteiger partial charge in [-0.1, -0.05) is 91.1 Å². The molecule has 1 fully saturated rings. The van der Waals surface area contributed by atoms with E-state index in [0.717, 1.165) is 41.5 Å². The maximum atomic E-state index is 13.7. The second-order valence-corrected chi connectivity index (χ2v) is 20.6. The Morgan fingerprint density at radius 3 is 1.45 bits per heavy atom. The SMILES string of the molecule is COC(=O)C(N)Cc1ccc(NS(=O)(=O)c2c(C)cc(C)cc2C)cc1.COc1ccc(C2(C(=O)NC(Cc3ccc(NS(=O)(=O)c4c(C)cc(C)cc4C)cc3)C(=O)O)CCCCC2)cc1. The molecule has 0 radical (unpaired) electrons. The Kier molecular flexibility index (Phi) is 17.0. The number of rotatable bonds is 16. The Hall–Kier alpha value is -6.23. The molecule has 6 rings (SSSR count). The Morgan fingerprint density at radius 2 is 1.06 bits per heavy atom. The number of hydrogen-bond donors (Lipinski definition) is 5. The summed E-state index contributed by atoms with van der Waals surface area (Å²) < 4.78 is 66.8. The van der Waals surface area contributed by atoms with Crippen LogP contribution in [0.5, 0.6) is 5.75 Å². The van der Waals surface area contributed by atoms with Crippen LogP contribution in [0.15, 0.2) is 107 Å². The number of carboxylic acids is 1. The van der Waals surface area contributed by atoms with Crippen molar-refractivity contribution >= 4 is 49.3 Å². The van der Waals surface area contributed by atoms with Gasteiger partial charge >= 0.3 is 11.9 Å². The van der Waals surface area contributed by atoms with Crippen molar-refractivity contribution in [2.45, 2.75) is 114 Å². The van der Waals surface area contributed by atoms with Crippen LogP contribution in [-0.2, 0) is 57.4 Å². The number of carbonyl (C=O) groups excluding carboxylic acids is 2. The van der Waals surface area contributed by atoms with Gasteiger partial charge < -0.3 is 25.6 Å².